The summed E-state index contributed by atoms with van der Waals surface area (Å²) in [5.74, 6) is 0. The first kappa shape index (κ1) is 17.2. The highest BCUT2D eigenvalue weighted by Gasteiger charge is 2.28. The van der Waals surface area contributed by atoms with Gasteiger partial charge in [0.05, 0.1) is 6.04 Å². The number of amides is 1. The predicted molar refractivity (Wildman–Crippen MR) is 83.2 cm³/mol. The van der Waals surface area contributed by atoms with E-state index in [0.717, 1.165) is 17.4 Å². The molecule has 0 saturated heterocycles. The Kier molecular flexibility index (Phi) is 5.94. The normalized spacial score (nSPS) is 12.6. The van der Waals surface area contributed by atoms with Crippen LogP contribution in [0.2, 0.25) is 0 Å². The number of aldehydes is 1. The van der Waals surface area contributed by atoms with E-state index in [1.54, 1.807) is 4.90 Å². The van der Waals surface area contributed by atoms with Gasteiger partial charge in [0, 0.05) is 13.0 Å². The van der Waals surface area contributed by atoms with Crippen molar-refractivity contribution in [1.29, 1.82) is 0 Å². The second-order valence-electron chi connectivity index (χ2n) is 6.04. The lowest BCUT2D eigenvalue weighted by Gasteiger charge is -2.33. The van der Waals surface area contributed by atoms with Crippen LogP contribution in [0.1, 0.15) is 51.3 Å². The lowest BCUT2D eigenvalue weighted by atomic mass is 9.98. The summed E-state index contributed by atoms with van der Waals surface area (Å²) in [6.07, 6.45) is 0.724. The minimum Gasteiger partial charge on any atom is -0.444 e. The van der Waals surface area contributed by atoms with E-state index in [9.17, 15) is 9.59 Å². The number of aryl methyl sites for hydroxylation is 1. The standard InChI is InChI=1S/C17H25NO3/c1-6-18(16(20)21-17(3,4)5)15(11-12-19)14-10-8-7-9-13(14)2/h7-10,12,15H,6,11H2,1-5H3. The number of carbonyl (C=O) groups is 2. The second-order valence-corrected chi connectivity index (χ2v) is 6.04. The highest BCUT2D eigenvalue weighted by molar-refractivity contribution is 5.70. The molecule has 4 nitrogen and oxygen atoms in total. The Morgan fingerprint density at radius 2 is 1.95 bits per heavy atom. The largest absolute Gasteiger partial charge is 0.444 e. The van der Waals surface area contributed by atoms with Gasteiger partial charge in [-0.05, 0) is 45.7 Å². The Morgan fingerprint density at radius 1 is 1.33 bits per heavy atom. The molecule has 0 aromatic heterocycles. The molecule has 21 heavy (non-hydrogen) atoms. The van der Waals surface area contributed by atoms with Gasteiger partial charge in [0.25, 0.3) is 0 Å². The van der Waals surface area contributed by atoms with Gasteiger partial charge in [0.1, 0.15) is 11.9 Å². The smallest absolute Gasteiger partial charge is 0.410 e. The van der Waals surface area contributed by atoms with E-state index in [1.807, 2.05) is 58.9 Å². The van der Waals surface area contributed by atoms with Gasteiger partial charge in [-0.1, -0.05) is 24.3 Å². The summed E-state index contributed by atoms with van der Waals surface area (Å²) in [5.41, 5.74) is 1.49. The van der Waals surface area contributed by atoms with Gasteiger partial charge in [-0.15, -0.1) is 0 Å². The minimum atomic E-state index is -0.554. The van der Waals surface area contributed by atoms with Gasteiger partial charge in [-0.25, -0.2) is 4.79 Å². The van der Waals surface area contributed by atoms with E-state index >= 15 is 0 Å². The number of hydrogen-bond donors (Lipinski definition) is 0. The number of carbonyl (C=O) groups excluding carboxylic acids is 2. The van der Waals surface area contributed by atoms with Crippen molar-refractivity contribution in [3.63, 3.8) is 0 Å². The first-order valence-corrected chi connectivity index (χ1v) is 7.29. The Morgan fingerprint density at radius 3 is 2.43 bits per heavy atom. The Hall–Kier alpha value is -1.84. The van der Waals surface area contributed by atoms with Gasteiger partial charge in [-0.2, -0.15) is 0 Å². The summed E-state index contributed by atoms with van der Waals surface area (Å²) in [7, 11) is 0. The molecule has 1 aromatic carbocycles. The number of hydrogen-bond acceptors (Lipinski definition) is 3. The van der Waals surface area contributed by atoms with Crippen molar-refractivity contribution in [1.82, 2.24) is 4.90 Å². The quantitative estimate of drug-likeness (QED) is 0.773. The highest BCUT2D eigenvalue weighted by Crippen LogP contribution is 2.27. The lowest BCUT2D eigenvalue weighted by molar-refractivity contribution is -0.108. The van der Waals surface area contributed by atoms with Gasteiger partial charge >= 0.3 is 6.09 Å². The molecule has 0 heterocycles. The number of benzene rings is 1. The van der Waals surface area contributed by atoms with E-state index in [2.05, 4.69) is 0 Å². The van der Waals surface area contributed by atoms with Crippen LogP contribution in [0.3, 0.4) is 0 Å². The van der Waals surface area contributed by atoms with Crippen LogP contribution in [0, 0.1) is 6.92 Å². The first-order valence-electron chi connectivity index (χ1n) is 7.29. The monoisotopic (exact) mass is 291 g/mol. The Balaban J connectivity index is 3.09. The molecule has 1 atom stereocenters. The summed E-state index contributed by atoms with van der Waals surface area (Å²) in [6.45, 7) is 9.86. The van der Waals surface area contributed by atoms with Crippen molar-refractivity contribution in [3.05, 3.63) is 35.4 Å². The molecule has 0 saturated carbocycles. The van der Waals surface area contributed by atoms with Crippen LogP contribution in [0.4, 0.5) is 4.79 Å². The summed E-state index contributed by atoms with van der Waals surface area (Å²) in [6, 6.07) is 7.51. The van der Waals surface area contributed by atoms with E-state index in [1.165, 1.54) is 0 Å². The third-order valence-corrected chi connectivity index (χ3v) is 3.21. The van der Waals surface area contributed by atoms with Crippen LogP contribution >= 0.6 is 0 Å². The van der Waals surface area contributed by atoms with Gasteiger partial charge in [-0.3, -0.25) is 0 Å². The molecular weight excluding hydrogens is 266 g/mol. The van der Waals surface area contributed by atoms with Gasteiger partial charge in [0.2, 0.25) is 0 Å². The van der Waals surface area contributed by atoms with Crippen LogP contribution in [-0.4, -0.2) is 29.4 Å². The van der Waals surface area contributed by atoms with Crippen LogP contribution in [0.5, 0.6) is 0 Å². The van der Waals surface area contributed by atoms with E-state index in [0.29, 0.717) is 6.54 Å². The molecule has 0 N–H and O–H groups in total. The molecule has 0 aliphatic rings. The molecular formula is C17H25NO3. The topological polar surface area (TPSA) is 46.6 Å². The molecule has 1 amide bonds. The number of nitrogens with zero attached hydrogens (tertiary/aromatic N) is 1. The fraction of sp³-hybridized carbons (Fsp3) is 0.529. The maximum absolute atomic E-state index is 12.4. The number of ether oxygens (including phenoxy) is 1. The van der Waals surface area contributed by atoms with E-state index in [-0.39, 0.29) is 18.6 Å². The molecule has 0 aliphatic heterocycles. The molecule has 0 bridgehead atoms. The van der Waals surface area contributed by atoms with Crippen LogP contribution in [0.25, 0.3) is 0 Å². The lowest BCUT2D eigenvalue weighted by Crippen LogP contribution is -2.39. The van der Waals surface area contributed by atoms with Crippen molar-refractivity contribution in [2.75, 3.05) is 6.54 Å². The van der Waals surface area contributed by atoms with Crippen molar-refractivity contribution in [2.24, 2.45) is 0 Å². The zero-order valence-electron chi connectivity index (χ0n) is 13.6. The maximum atomic E-state index is 12.4. The molecule has 1 rings (SSSR count). The zero-order chi connectivity index (χ0) is 16.0. The van der Waals surface area contributed by atoms with Crippen LogP contribution in [-0.2, 0) is 9.53 Å². The average molecular weight is 291 g/mol. The van der Waals surface area contributed by atoms with Gasteiger partial charge in [0.15, 0.2) is 0 Å². The molecule has 0 fully saturated rings. The first-order chi connectivity index (χ1) is 9.80. The fourth-order valence-corrected chi connectivity index (χ4v) is 2.27. The van der Waals surface area contributed by atoms with Crippen molar-refractivity contribution < 1.29 is 14.3 Å². The van der Waals surface area contributed by atoms with E-state index in [4.69, 9.17) is 4.74 Å². The molecule has 4 heteroatoms. The summed E-state index contributed by atoms with van der Waals surface area (Å²) in [5, 5.41) is 0. The second kappa shape index (κ2) is 7.25. The molecule has 116 valence electrons. The van der Waals surface area contributed by atoms with Crippen molar-refractivity contribution in [3.8, 4) is 0 Å². The predicted octanol–water partition coefficient (Wildman–Crippen LogP) is 3.88. The van der Waals surface area contributed by atoms with Gasteiger partial charge < -0.3 is 14.4 Å². The van der Waals surface area contributed by atoms with Crippen molar-refractivity contribution >= 4 is 12.4 Å². The summed E-state index contributed by atoms with van der Waals surface area (Å²) >= 11 is 0. The molecule has 1 aromatic rings. The summed E-state index contributed by atoms with van der Waals surface area (Å²) in [4.78, 5) is 25.0. The molecule has 0 spiro atoms. The number of rotatable bonds is 5. The minimum absolute atomic E-state index is 0.262. The highest BCUT2D eigenvalue weighted by atomic mass is 16.6. The molecule has 1 unspecified atom stereocenters. The van der Waals surface area contributed by atoms with Crippen LogP contribution < -0.4 is 0 Å². The average Bonchev–Trinajstić information content (AvgIpc) is 2.37. The maximum Gasteiger partial charge on any atom is 0.410 e. The zero-order valence-corrected chi connectivity index (χ0v) is 13.6. The third kappa shape index (κ3) is 4.88. The van der Waals surface area contributed by atoms with Crippen LogP contribution in [0.15, 0.2) is 24.3 Å². The fourth-order valence-electron chi connectivity index (χ4n) is 2.27. The Bertz CT molecular complexity index is 491. The molecule has 0 radical (unpaired) electrons. The molecule has 0 aliphatic carbocycles. The van der Waals surface area contributed by atoms with E-state index < -0.39 is 5.60 Å². The van der Waals surface area contributed by atoms with Crippen molar-refractivity contribution in [2.45, 2.75) is 52.7 Å². The SMILES string of the molecule is CCN(C(=O)OC(C)(C)C)C(CC=O)c1ccccc1C. The third-order valence-electron chi connectivity index (χ3n) is 3.21. The summed E-state index contributed by atoms with van der Waals surface area (Å²) < 4.78 is 5.45. The Labute approximate surface area is 127 Å².